The van der Waals surface area contributed by atoms with Gasteiger partial charge in [-0.15, -0.1) is 10.2 Å². The minimum atomic E-state index is -0.347. The highest BCUT2D eigenvalue weighted by Gasteiger charge is 2.15. The maximum absolute atomic E-state index is 11.9. The zero-order valence-corrected chi connectivity index (χ0v) is 14.6. The highest BCUT2D eigenvalue weighted by Crippen LogP contribution is 2.14. The van der Waals surface area contributed by atoms with E-state index in [1.54, 1.807) is 12.1 Å². The predicted octanol–water partition coefficient (Wildman–Crippen LogP) is 0.816. The summed E-state index contributed by atoms with van der Waals surface area (Å²) in [6.07, 6.45) is 4.34. The lowest BCUT2D eigenvalue weighted by Crippen LogP contribution is -2.39. The van der Waals surface area contributed by atoms with Gasteiger partial charge in [-0.2, -0.15) is 0 Å². The maximum atomic E-state index is 11.9. The molecule has 2 aromatic rings. The summed E-state index contributed by atoms with van der Waals surface area (Å²) < 4.78 is 7.41. The van der Waals surface area contributed by atoms with E-state index in [0.29, 0.717) is 12.3 Å². The van der Waals surface area contributed by atoms with E-state index in [4.69, 9.17) is 4.74 Å². The van der Waals surface area contributed by atoms with Gasteiger partial charge in [0.25, 0.3) is 5.91 Å². The topological polar surface area (TPSA) is 98.1 Å². The number of carbonyl (C=O) groups is 2. The fourth-order valence-corrected chi connectivity index (χ4v) is 2.81. The van der Waals surface area contributed by atoms with Gasteiger partial charge in [0, 0.05) is 13.0 Å². The van der Waals surface area contributed by atoms with E-state index in [9.17, 15) is 9.59 Å². The molecule has 2 heterocycles. The van der Waals surface area contributed by atoms with Gasteiger partial charge in [-0.1, -0.05) is 24.6 Å². The molecule has 0 aliphatic carbocycles. The van der Waals surface area contributed by atoms with Gasteiger partial charge in [0.2, 0.25) is 5.91 Å². The van der Waals surface area contributed by atoms with Crippen LogP contribution in [0.25, 0.3) is 0 Å². The molecule has 26 heavy (non-hydrogen) atoms. The molecule has 0 saturated heterocycles. The summed E-state index contributed by atoms with van der Waals surface area (Å²) in [5, 5.41) is 13.7. The number of hydrogen-bond donors (Lipinski definition) is 2. The fourth-order valence-electron chi connectivity index (χ4n) is 2.81. The number of carbonyl (C=O) groups excluding carboxylic acids is 2. The van der Waals surface area contributed by atoms with Gasteiger partial charge in [-0.3, -0.25) is 9.59 Å². The zero-order chi connectivity index (χ0) is 18.2. The number of rotatable bonds is 7. The van der Waals surface area contributed by atoms with Crippen LogP contribution in [0.3, 0.4) is 0 Å². The molecule has 1 aromatic heterocycles. The smallest absolute Gasteiger partial charge is 0.258 e. The van der Waals surface area contributed by atoms with Crippen molar-refractivity contribution in [2.24, 2.45) is 0 Å². The van der Waals surface area contributed by atoms with Crippen LogP contribution < -0.4 is 15.4 Å². The van der Waals surface area contributed by atoms with Crippen molar-refractivity contribution in [3.05, 3.63) is 42.0 Å². The molecule has 1 aliphatic rings. The van der Waals surface area contributed by atoms with Crippen molar-refractivity contribution >= 4 is 11.8 Å². The number of aryl methyl sites for hydroxylation is 1. The van der Waals surface area contributed by atoms with E-state index >= 15 is 0 Å². The summed E-state index contributed by atoms with van der Waals surface area (Å²) in [5.41, 5.74) is 0. The molecule has 0 spiro atoms. The largest absolute Gasteiger partial charge is 0.484 e. The molecule has 0 bridgehead atoms. The van der Waals surface area contributed by atoms with E-state index in [1.165, 1.54) is 6.42 Å². The minimum Gasteiger partial charge on any atom is -0.484 e. The molecule has 2 N–H and O–H groups in total. The van der Waals surface area contributed by atoms with Crippen LogP contribution in [0.4, 0.5) is 0 Å². The second-order valence-electron chi connectivity index (χ2n) is 6.15. The number of amides is 2. The Kier molecular flexibility index (Phi) is 6.19. The Morgan fingerprint density at radius 1 is 1.04 bits per heavy atom. The van der Waals surface area contributed by atoms with Crippen LogP contribution in [0.2, 0.25) is 0 Å². The lowest BCUT2D eigenvalue weighted by molar-refractivity contribution is -0.127. The van der Waals surface area contributed by atoms with Gasteiger partial charge < -0.3 is 19.9 Å². The molecule has 0 radical (unpaired) electrons. The van der Waals surface area contributed by atoms with E-state index in [1.807, 2.05) is 18.2 Å². The van der Waals surface area contributed by atoms with Gasteiger partial charge in [-0.25, -0.2) is 0 Å². The SMILES string of the molecule is O=C(CNC(=O)COc1ccccc1)NCc1nnc2n1CCCCC2. The third-order valence-corrected chi connectivity index (χ3v) is 4.19. The van der Waals surface area contributed by atoms with Gasteiger partial charge in [0.15, 0.2) is 12.4 Å². The Labute approximate surface area is 151 Å². The van der Waals surface area contributed by atoms with Crippen molar-refractivity contribution < 1.29 is 14.3 Å². The molecule has 0 saturated carbocycles. The van der Waals surface area contributed by atoms with Crippen molar-refractivity contribution in [2.75, 3.05) is 13.2 Å². The van der Waals surface area contributed by atoms with Crippen LogP contribution in [0.1, 0.15) is 30.9 Å². The van der Waals surface area contributed by atoms with Crippen LogP contribution in [0.5, 0.6) is 5.75 Å². The van der Waals surface area contributed by atoms with Crippen molar-refractivity contribution in [3.8, 4) is 5.75 Å². The Balaban J connectivity index is 1.38. The van der Waals surface area contributed by atoms with Crippen molar-refractivity contribution in [2.45, 2.75) is 38.8 Å². The Morgan fingerprint density at radius 3 is 2.73 bits per heavy atom. The van der Waals surface area contributed by atoms with Crippen molar-refractivity contribution in [1.82, 2.24) is 25.4 Å². The number of hydrogen-bond acceptors (Lipinski definition) is 5. The molecule has 1 aliphatic heterocycles. The molecule has 8 nitrogen and oxygen atoms in total. The molecule has 138 valence electrons. The van der Waals surface area contributed by atoms with E-state index < -0.39 is 0 Å². The quantitative estimate of drug-likeness (QED) is 0.764. The molecule has 3 rings (SSSR count). The monoisotopic (exact) mass is 357 g/mol. The summed E-state index contributed by atoms with van der Waals surface area (Å²) in [6, 6.07) is 9.05. The number of nitrogens with zero attached hydrogens (tertiary/aromatic N) is 3. The fraction of sp³-hybridized carbons (Fsp3) is 0.444. The molecular formula is C18H23N5O3. The standard InChI is InChI=1S/C18H23N5O3/c24-17(12-20-18(25)13-26-14-7-3-1-4-8-14)19-11-16-22-21-15-9-5-2-6-10-23(15)16/h1,3-4,7-8H,2,5-6,9-13H2,(H,19,24)(H,20,25). The second kappa shape index (κ2) is 8.98. The van der Waals surface area contributed by atoms with Crippen LogP contribution in [0.15, 0.2) is 30.3 Å². The molecule has 2 amide bonds. The number of fused-ring (bicyclic) bond motifs is 1. The molecule has 0 unspecified atom stereocenters. The summed E-state index contributed by atoms with van der Waals surface area (Å²) in [7, 11) is 0. The highest BCUT2D eigenvalue weighted by atomic mass is 16.5. The van der Waals surface area contributed by atoms with E-state index in [0.717, 1.165) is 37.5 Å². The zero-order valence-electron chi connectivity index (χ0n) is 14.6. The van der Waals surface area contributed by atoms with Crippen LogP contribution in [0, 0.1) is 0 Å². The van der Waals surface area contributed by atoms with Crippen molar-refractivity contribution in [3.63, 3.8) is 0 Å². The Morgan fingerprint density at radius 2 is 1.88 bits per heavy atom. The number of benzene rings is 1. The number of ether oxygens (including phenoxy) is 1. The molecule has 0 atom stereocenters. The average molecular weight is 357 g/mol. The van der Waals surface area contributed by atoms with Crippen LogP contribution >= 0.6 is 0 Å². The lowest BCUT2D eigenvalue weighted by Gasteiger charge is -2.09. The third-order valence-electron chi connectivity index (χ3n) is 4.19. The van der Waals surface area contributed by atoms with Crippen LogP contribution in [-0.4, -0.2) is 39.7 Å². The summed E-state index contributed by atoms with van der Waals surface area (Å²) in [6.45, 7) is 0.969. The highest BCUT2D eigenvalue weighted by molar-refractivity contribution is 5.85. The maximum Gasteiger partial charge on any atom is 0.258 e. The van der Waals surface area contributed by atoms with Gasteiger partial charge in [-0.05, 0) is 25.0 Å². The first-order chi connectivity index (χ1) is 12.7. The normalized spacial score (nSPS) is 13.4. The summed E-state index contributed by atoms with van der Waals surface area (Å²) in [5.74, 6) is 1.73. The first-order valence-corrected chi connectivity index (χ1v) is 8.84. The summed E-state index contributed by atoms with van der Waals surface area (Å²) >= 11 is 0. The molecular weight excluding hydrogens is 334 g/mol. The minimum absolute atomic E-state index is 0.0992. The first-order valence-electron chi connectivity index (χ1n) is 8.84. The number of para-hydroxylation sites is 1. The Hall–Kier alpha value is -2.90. The molecule has 0 fully saturated rings. The van der Waals surface area contributed by atoms with Crippen molar-refractivity contribution in [1.29, 1.82) is 0 Å². The number of nitrogens with one attached hydrogen (secondary N) is 2. The van der Waals surface area contributed by atoms with Gasteiger partial charge >= 0.3 is 0 Å². The van der Waals surface area contributed by atoms with Crippen LogP contribution in [-0.2, 0) is 29.1 Å². The lowest BCUT2D eigenvalue weighted by atomic mass is 10.2. The van der Waals surface area contributed by atoms with Gasteiger partial charge in [0.1, 0.15) is 11.6 Å². The van der Waals surface area contributed by atoms with Gasteiger partial charge in [0.05, 0.1) is 13.1 Å². The predicted molar refractivity (Wildman–Crippen MR) is 94.4 cm³/mol. The first kappa shape index (κ1) is 17.9. The average Bonchev–Trinajstić information content (AvgIpc) is 2.90. The second-order valence-corrected chi connectivity index (χ2v) is 6.15. The number of aromatic nitrogens is 3. The summed E-state index contributed by atoms with van der Waals surface area (Å²) in [4.78, 5) is 23.7. The van der Waals surface area contributed by atoms with E-state index in [-0.39, 0.29) is 25.0 Å². The molecule has 1 aromatic carbocycles. The Bertz CT molecular complexity index is 745. The van der Waals surface area contributed by atoms with E-state index in [2.05, 4.69) is 25.4 Å². The third kappa shape index (κ3) is 5.05. The molecule has 8 heteroatoms.